The number of hydrogen-bond donors (Lipinski definition) is 0. The predicted molar refractivity (Wildman–Crippen MR) is 79.0 cm³/mol. The minimum atomic E-state index is -0.0450. The van der Waals surface area contributed by atoms with E-state index in [4.69, 9.17) is 0 Å². The third-order valence-corrected chi connectivity index (χ3v) is 4.16. The molecule has 0 spiro atoms. The Kier molecular flexibility index (Phi) is 3.40. The van der Waals surface area contributed by atoms with Gasteiger partial charge in [0.15, 0.2) is 5.69 Å². The number of likely N-dealkylation sites (N-methyl/N-ethyl adjacent to an activating group) is 1. The third-order valence-electron chi connectivity index (χ3n) is 3.65. The molecule has 5 nitrogen and oxygen atoms in total. The van der Waals surface area contributed by atoms with Gasteiger partial charge in [-0.3, -0.25) is 4.79 Å². The van der Waals surface area contributed by atoms with Crippen LogP contribution in [0.15, 0.2) is 29.6 Å². The molecule has 6 heteroatoms. The third kappa shape index (κ3) is 2.27. The van der Waals surface area contributed by atoms with Crippen LogP contribution >= 0.6 is 11.5 Å². The molecule has 0 unspecified atom stereocenters. The summed E-state index contributed by atoms with van der Waals surface area (Å²) >= 11 is 1.21. The summed E-state index contributed by atoms with van der Waals surface area (Å²) in [7, 11) is 2.06. The van der Waals surface area contributed by atoms with E-state index in [9.17, 15) is 4.79 Å². The molecular formula is C14H16N4OS. The first-order chi connectivity index (χ1) is 9.66. The smallest absolute Gasteiger partial charge is 0.275 e. The molecule has 1 aliphatic heterocycles. The number of aromatic nitrogens is 2. The summed E-state index contributed by atoms with van der Waals surface area (Å²) in [5.41, 5.74) is 2.78. The highest BCUT2D eigenvalue weighted by molar-refractivity contribution is 7.03. The standard InChI is InChI=1S/C14H16N4OS/c1-10-7-17(2)13-6-4-3-5-11(13)8-18(10)14(19)12-9-20-16-15-12/h3-6,9-10H,7-8H2,1-2H3/t10-/m1/s1. The molecule has 0 saturated heterocycles. The topological polar surface area (TPSA) is 49.3 Å². The molecule has 1 atom stereocenters. The zero-order valence-corrected chi connectivity index (χ0v) is 12.3. The molecule has 0 saturated carbocycles. The van der Waals surface area contributed by atoms with Crippen molar-refractivity contribution in [3.05, 3.63) is 40.9 Å². The van der Waals surface area contributed by atoms with E-state index in [0.717, 1.165) is 12.1 Å². The number of rotatable bonds is 1. The molecule has 0 radical (unpaired) electrons. The first kappa shape index (κ1) is 13.1. The zero-order valence-electron chi connectivity index (χ0n) is 11.5. The fraction of sp³-hybridized carbons (Fsp3) is 0.357. The molecule has 0 fully saturated rings. The number of anilines is 1. The van der Waals surface area contributed by atoms with Crippen molar-refractivity contribution in [2.45, 2.75) is 19.5 Å². The van der Waals surface area contributed by atoms with Gasteiger partial charge < -0.3 is 9.80 Å². The van der Waals surface area contributed by atoms with Gasteiger partial charge in [-0.25, -0.2) is 0 Å². The summed E-state index contributed by atoms with van der Waals surface area (Å²) < 4.78 is 3.78. The van der Waals surface area contributed by atoms with Crippen molar-refractivity contribution >= 4 is 23.1 Å². The fourth-order valence-corrected chi connectivity index (χ4v) is 3.06. The Morgan fingerprint density at radius 1 is 1.40 bits per heavy atom. The molecular weight excluding hydrogens is 272 g/mol. The maximum atomic E-state index is 12.6. The molecule has 0 N–H and O–H groups in total. The highest BCUT2D eigenvalue weighted by Crippen LogP contribution is 2.26. The van der Waals surface area contributed by atoms with E-state index in [1.807, 2.05) is 17.0 Å². The first-order valence-corrected chi connectivity index (χ1v) is 7.37. The number of carbonyl (C=O) groups excluding carboxylic acids is 1. The van der Waals surface area contributed by atoms with Crippen molar-refractivity contribution in [3.8, 4) is 0 Å². The average Bonchev–Trinajstić information content (AvgIpc) is 2.94. The number of hydrogen-bond acceptors (Lipinski definition) is 5. The monoisotopic (exact) mass is 288 g/mol. The number of amides is 1. The van der Waals surface area contributed by atoms with Gasteiger partial charge in [-0.05, 0) is 30.1 Å². The van der Waals surface area contributed by atoms with Crippen molar-refractivity contribution in [2.24, 2.45) is 0 Å². The van der Waals surface area contributed by atoms with Crippen LogP contribution in [0.25, 0.3) is 0 Å². The van der Waals surface area contributed by atoms with Gasteiger partial charge in [-0.1, -0.05) is 22.7 Å². The number of fused-ring (bicyclic) bond motifs is 1. The van der Waals surface area contributed by atoms with Crippen molar-refractivity contribution < 1.29 is 4.79 Å². The lowest BCUT2D eigenvalue weighted by Gasteiger charge is -2.27. The van der Waals surface area contributed by atoms with E-state index >= 15 is 0 Å². The van der Waals surface area contributed by atoms with Crippen LogP contribution in [0.1, 0.15) is 23.0 Å². The summed E-state index contributed by atoms with van der Waals surface area (Å²) in [5, 5.41) is 5.60. The Morgan fingerprint density at radius 2 is 2.20 bits per heavy atom. The van der Waals surface area contributed by atoms with Gasteiger partial charge >= 0.3 is 0 Å². The second kappa shape index (κ2) is 5.20. The molecule has 2 aromatic rings. The second-order valence-electron chi connectivity index (χ2n) is 5.08. The molecule has 1 aliphatic rings. The number of carbonyl (C=O) groups is 1. The normalized spacial score (nSPS) is 18.6. The first-order valence-electron chi connectivity index (χ1n) is 6.54. The van der Waals surface area contributed by atoms with Gasteiger partial charge in [0.25, 0.3) is 5.91 Å². The maximum absolute atomic E-state index is 12.6. The molecule has 1 aromatic heterocycles. The highest BCUT2D eigenvalue weighted by Gasteiger charge is 2.28. The van der Waals surface area contributed by atoms with Crippen molar-refractivity contribution in [2.75, 3.05) is 18.5 Å². The van der Waals surface area contributed by atoms with E-state index in [-0.39, 0.29) is 11.9 Å². The highest BCUT2D eigenvalue weighted by atomic mass is 32.1. The SMILES string of the molecule is C[C@@H]1CN(C)c2ccccc2CN1C(=O)c1csnn1. The minimum absolute atomic E-state index is 0.0450. The fourth-order valence-electron chi connectivity index (χ4n) is 2.63. The molecule has 0 aliphatic carbocycles. The quantitative estimate of drug-likeness (QED) is 0.805. The lowest BCUT2D eigenvalue weighted by Crippen LogP contribution is -2.42. The Hall–Kier alpha value is -1.95. The maximum Gasteiger partial charge on any atom is 0.275 e. The number of nitrogens with zero attached hydrogens (tertiary/aromatic N) is 4. The van der Waals surface area contributed by atoms with Crippen LogP contribution in [0.3, 0.4) is 0 Å². The molecule has 0 bridgehead atoms. The second-order valence-corrected chi connectivity index (χ2v) is 5.69. The van der Waals surface area contributed by atoms with E-state index in [2.05, 4.69) is 40.6 Å². The minimum Gasteiger partial charge on any atom is -0.372 e. The number of para-hydroxylation sites is 1. The van der Waals surface area contributed by atoms with Crippen LogP contribution in [-0.4, -0.2) is 40.0 Å². The molecule has 3 rings (SSSR count). The summed E-state index contributed by atoms with van der Waals surface area (Å²) in [6, 6.07) is 8.34. The van der Waals surface area contributed by atoms with Crippen molar-refractivity contribution in [1.82, 2.24) is 14.5 Å². The van der Waals surface area contributed by atoms with Gasteiger partial charge in [0.05, 0.1) is 0 Å². The summed E-state index contributed by atoms with van der Waals surface area (Å²) in [4.78, 5) is 16.6. The van der Waals surface area contributed by atoms with E-state index in [1.54, 1.807) is 5.38 Å². The van der Waals surface area contributed by atoms with Crippen LogP contribution < -0.4 is 4.90 Å². The van der Waals surface area contributed by atoms with Crippen molar-refractivity contribution in [1.29, 1.82) is 0 Å². The largest absolute Gasteiger partial charge is 0.372 e. The average molecular weight is 288 g/mol. The van der Waals surface area contributed by atoms with Crippen LogP contribution in [0.2, 0.25) is 0 Å². The van der Waals surface area contributed by atoms with Gasteiger partial charge in [0.1, 0.15) is 0 Å². The predicted octanol–water partition coefficient (Wildman–Crippen LogP) is 2.02. The van der Waals surface area contributed by atoms with Crippen LogP contribution in [-0.2, 0) is 6.54 Å². The van der Waals surface area contributed by atoms with E-state index in [1.165, 1.54) is 17.2 Å². The molecule has 1 amide bonds. The summed E-state index contributed by atoms with van der Waals surface area (Å²) in [6.45, 7) is 3.48. The number of benzene rings is 1. The Bertz CT molecular complexity index is 613. The summed E-state index contributed by atoms with van der Waals surface area (Å²) in [6.07, 6.45) is 0. The van der Waals surface area contributed by atoms with Crippen LogP contribution in [0.4, 0.5) is 5.69 Å². The Labute approximate surface area is 122 Å². The Balaban J connectivity index is 1.95. The van der Waals surface area contributed by atoms with Gasteiger partial charge in [0, 0.05) is 37.2 Å². The lowest BCUT2D eigenvalue weighted by molar-refractivity contribution is 0.0681. The Morgan fingerprint density at radius 3 is 2.95 bits per heavy atom. The van der Waals surface area contributed by atoms with Crippen LogP contribution in [0.5, 0.6) is 0 Å². The molecule has 1 aromatic carbocycles. The van der Waals surface area contributed by atoms with E-state index in [0.29, 0.717) is 12.2 Å². The van der Waals surface area contributed by atoms with Crippen LogP contribution in [0, 0.1) is 0 Å². The molecule has 2 heterocycles. The van der Waals surface area contributed by atoms with E-state index < -0.39 is 0 Å². The summed E-state index contributed by atoms with van der Waals surface area (Å²) in [5.74, 6) is -0.0450. The lowest BCUT2D eigenvalue weighted by atomic mass is 10.1. The van der Waals surface area contributed by atoms with Gasteiger partial charge in [-0.15, -0.1) is 5.10 Å². The zero-order chi connectivity index (χ0) is 14.1. The van der Waals surface area contributed by atoms with Gasteiger partial charge in [0.2, 0.25) is 0 Å². The van der Waals surface area contributed by atoms with Gasteiger partial charge in [-0.2, -0.15) is 0 Å². The molecule has 104 valence electrons. The molecule has 20 heavy (non-hydrogen) atoms. The van der Waals surface area contributed by atoms with Crippen molar-refractivity contribution in [3.63, 3.8) is 0 Å².